The molecule has 1 fully saturated rings. The molecule has 126 valence electrons. The van der Waals surface area contributed by atoms with Crippen LogP contribution >= 0.6 is 0 Å². The lowest BCUT2D eigenvalue weighted by molar-refractivity contribution is 0.0951. The van der Waals surface area contributed by atoms with E-state index in [1.54, 1.807) is 24.3 Å². The summed E-state index contributed by atoms with van der Waals surface area (Å²) < 4.78 is 25.8. The molecule has 1 heterocycles. The number of hydrogen-bond acceptors (Lipinski definition) is 3. The molecule has 1 saturated heterocycles. The fourth-order valence-electron chi connectivity index (χ4n) is 2.76. The second-order valence-corrected chi connectivity index (χ2v) is 7.83. The third-order valence-corrected chi connectivity index (χ3v) is 5.91. The van der Waals surface area contributed by atoms with Crippen molar-refractivity contribution in [2.24, 2.45) is 0 Å². The summed E-state index contributed by atoms with van der Waals surface area (Å²) in [6, 6.07) is 16.4. The van der Waals surface area contributed by atoms with Gasteiger partial charge < -0.3 is 5.32 Å². The number of sulfonamides is 1. The molecule has 0 spiro atoms. The molecule has 0 atom stereocenters. The molecule has 1 aliphatic rings. The number of nitrogens with zero attached hydrogens (tertiary/aromatic N) is 1. The minimum Gasteiger partial charge on any atom is -0.348 e. The Hall–Kier alpha value is -2.34. The van der Waals surface area contributed by atoms with Crippen LogP contribution in [0, 0.1) is 0 Å². The number of carbonyl (C=O) groups excluding carboxylic acids is 1. The van der Waals surface area contributed by atoms with Crippen molar-refractivity contribution in [3.63, 3.8) is 0 Å². The van der Waals surface area contributed by atoms with Gasteiger partial charge in [-0.15, -0.1) is 0 Å². The van der Waals surface area contributed by atoms with Crippen molar-refractivity contribution in [1.29, 1.82) is 0 Å². The van der Waals surface area contributed by atoms with Crippen molar-refractivity contribution < 1.29 is 13.2 Å². The van der Waals surface area contributed by atoms with E-state index in [0.717, 1.165) is 12.0 Å². The molecule has 1 aliphatic heterocycles. The molecule has 2 aromatic carbocycles. The number of anilines is 1. The summed E-state index contributed by atoms with van der Waals surface area (Å²) >= 11 is 0. The van der Waals surface area contributed by atoms with E-state index >= 15 is 0 Å². The van der Waals surface area contributed by atoms with Crippen molar-refractivity contribution >= 4 is 21.6 Å². The number of hydrogen-bond donors (Lipinski definition) is 1. The van der Waals surface area contributed by atoms with Crippen LogP contribution in [0.2, 0.25) is 0 Å². The third-order valence-electron chi connectivity index (χ3n) is 4.04. The van der Waals surface area contributed by atoms with Gasteiger partial charge in [0.1, 0.15) is 0 Å². The number of nitrogens with one attached hydrogen (secondary N) is 1. The molecule has 5 nitrogen and oxygen atoms in total. The second-order valence-electron chi connectivity index (χ2n) is 5.81. The summed E-state index contributed by atoms with van der Waals surface area (Å²) in [5, 5.41) is 2.86. The van der Waals surface area contributed by atoms with E-state index in [-0.39, 0.29) is 11.7 Å². The maximum absolute atomic E-state index is 12.3. The molecule has 0 aliphatic carbocycles. The number of rotatable bonds is 4. The van der Waals surface area contributed by atoms with Crippen LogP contribution in [0.3, 0.4) is 0 Å². The van der Waals surface area contributed by atoms with Gasteiger partial charge in [-0.3, -0.25) is 9.10 Å². The zero-order valence-corrected chi connectivity index (χ0v) is 14.1. The Bertz CT molecular complexity index is 819. The van der Waals surface area contributed by atoms with Crippen molar-refractivity contribution in [3.8, 4) is 0 Å². The number of benzene rings is 2. The van der Waals surface area contributed by atoms with Gasteiger partial charge in [0, 0.05) is 18.7 Å². The number of carbonyl (C=O) groups is 1. The smallest absolute Gasteiger partial charge is 0.251 e. The highest BCUT2D eigenvalue weighted by Gasteiger charge is 2.26. The van der Waals surface area contributed by atoms with Crippen molar-refractivity contribution in [2.75, 3.05) is 16.6 Å². The van der Waals surface area contributed by atoms with E-state index < -0.39 is 10.0 Å². The summed E-state index contributed by atoms with van der Waals surface area (Å²) in [5.41, 5.74) is 2.03. The van der Waals surface area contributed by atoms with Crippen LogP contribution in [-0.2, 0) is 16.6 Å². The number of amides is 1. The largest absolute Gasteiger partial charge is 0.348 e. The molecular formula is C18H20N2O3S. The first-order chi connectivity index (χ1) is 11.6. The van der Waals surface area contributed by atoms with E-state index in [2.05, 4.69) is 5.32 Å². The molecule has 0 radical (unpaired) electrons. The Kier molecular flexibility index (Phi) is 4.85. The Morgan fingerprint density at radius 2 is 1.83 bits per heavy atom. The zero-order chi connectivity index (χ0) is 17.0. The highest BCUT2D eigenvalue weighted by atomic mass is 32.2. The molecule has 3 rings (SSSR count). The summed E-state index contributed by atoms with van der Waals surface area (Å²) in [6.45, 7) is 0.906. The Morgan fingerprint density at radius 1 is 1.04 bits per heavy atom. The van der Waals surface area contributed by atoms with Gasteiger partial charge in [-0.2, -0.15) is 0 Å². The fraction of sp³-hybridized carbons (Fsp3) is 0.278. The topological polar surface area (TPSA) is 66.5 Å². The molecule has 0 bridgehead atoms. The molecule has 0 unspecified atom stereocenters. The summed E-state index contributed by atoms with van der Waals surface area (Å²) in [7, 11) is -3.27. The molecule has 2 aromatic rings. The van der Waals surface area contributed by atoms with E-state index in [1.807, 2.05) is 30.3 Å². The van der Waals surface area contributed by atoms with Gasteiger partial charge in [-0.1, -0.05) is 36.4 Å². The molecule has 1 N–H and O–H groups in total. The van der Waals surface area contributed by atoms with Gasteiger partial charge >= 0.3 is 0 Å². The van der Waals surface area contributed by atoms with Crippen LogP contribution in [0.25, 0.3) is 0 Å². The van der Waals surface area contributed by atoms with Crippen LogP contribution < -0.4 is 9.62 Å². The molecular weight excluding hydrogens is 324 g/mol. The average molecular weight is 344 g/mol. The SMILES string of the molecule is O=C(NCc1ccccc1)c1cccc(N2CCCCS2(=O)=O)c1. The van der Waals surface area contributed by atoms with E-state index in [1.165, 1.54) is 4.31 Å². The molecule has 24 heavy (non-hydrogen) atoms. The third kappa shape index (κ3) is 3.76. The highest BCUT2D eigenvalue weighted by Crippen LogP contribution is 2.24. The first kappa shape index (κ1) is 16.5. The van der Waals surface area contributed by atoms with Gasteiger partial charge in [0.05, 0.1) is 11.4 Å². The predicted molar refractivity (Wildman–Crippen MR) is 94.4 cm³/mol. The lowest BCUT2D eigenvalue weighted by Gasteiger charge is -2.28. The lowest BCUT2D eigenvalue weighted by Crippen LogP contribution is -2.38. The maximum Gasteiger partial charge on any atom is 0.251 e. The minimum absolute atomic E-state index is 0.164. The van der Waals surface area contributed by atoms with Crippen LogP contribution in [0.4, 0.5) is 5.69 Å². The van der Waals surface area contributed by atoms with Crippen molar-refractivity contribution in [2.45, 2.75) is 19.4 Å². The van der Waals surface area contributed by atoms with Gasteiger partial charge in [-0.25, -0.2) is 8.42 Å². The first-order valence-electron chi connectivity index (χ1n) is 7.99. The highest BCUT2D eigenvalue weighted by molar-refractivity contribution is 7.92. The average Bonchev–Trinajstić information content (AvgIpc) is 2.60. The van der Waals surface area contributed by atoms with Gasteiger partial charge in [0.2, 0.25) is 10.0 Å². The molecule has 0 saturated carbocycles. The molecule has 6 heteroatoms. The van der Waals surface area contributed by atoms with E-state index in [0.29, 0.717) is 30.8 Å². The van der Waals surface area contributed by atoms with Crippen LogP contribution in [0.1, 0.15) is 28.8 Å². The monoisotopic (exact) mass is 344 g/mol. The fourth-order valence-corrected chi connectivity index (χ4v) is 4.39. The van der Waals surface area contributed by atoms with Gasteiger partial charge in [0.15, 0.2) is 0 Å². The first-order valence-corrected chi connectivity index (χ1v) is 9.60. The quantitative estimate of drug-likeness (QED) is 0.927. The lowest BCUT2D eigenvalue weighted by atomic mass is 10.1. The molecule has 0 aromatic heterocycles. The van der Waals surface area contributed by atoms with Crippen molar-refractivity contribution in [1.82, 2.24) is 5.32 Å². The predicted octanol–water partition coefficient (Wildman–Crippen LogP) is 2.55. The Labute approximate surface area is 142 Å². The van der Waals surface area contributed by atoms with Crippen LogP contribution in [-0.4, -0.2) is 26.6 Å². The van der Waals surface area contributed by atoms with E-state index in [4.69, 9.17) is 0 Å². The van der Waals surface area contributed by atoms with E-state index in [9.17, 15) is 13.2 Å². The minimum atomic E-state index is -3.27. The summed E-state index contributed by atoms with van der Waals surface area (Å²) in [5.74, 6) is -0.0487. The Balaban J connectivity index is 1.74. The summed E-state index contributed by atoms with van der Waals surface area (Å²) in [6.07, 6.45) is 1.53. The van der Waals surface area contributed by atoms with Gasteiger partial charge in [0.25, 0.3) is 5.91 Å². The normalized spacial score (nSPS) is 16.6. The second kappa shape index (κ2) is 7.05. The Morgan fingerprint density at radius 3 is 2.58 bits per heavy atom. The molecule has 1 amide bonds. The van der Waals surface area contributed by atoms with Gasteiger partial charge in [-0.05, 0) is 36.6 Å². The van der Waals surface area contributed by atoms with Crippen LogP contribution in [0.5, 0.6) is 0 Å². The standard InChI is InChI=1S/C18H20N2O3S/c21-18(19-14-15-7-2-1-3-8-15)16-9-6-10-17(13-16)20-11-4-5-12-24(20,22)23/h1-3,6-10,13H,4-5,11-12,14H2,(H,19,21). The maximum atomic E-state index is 12.3. The van der Waals surface area contributed by atoms with Crippen LogP contribution in [0.15, 0.2) is 54.6 Å². The zero-order valence-electron chi connectivity index (χ0n) is 13.3. The van der Waals surface area contributed by atoms with Crippen molar-refractivity contribution in [3.05, 3.63) is 65.7 Å². The summed E-state index contributed by atoms with van der Waals surface area (Å²) in [4.78, 5) is 12.3.